The van der Waals surface area contributed by atoms with Crippen LogP contribution in [0.3, 0.4) is 0 Å². The van der Waals surface area contributed by atoms with E-state index in [1.54, 1.807) is 0 Å². The third-order valence-corrected chi connectivity index (χ3v) is 6.33. The Hall–Kier alpha value is -3.49. The third-order valence-electron chi connectivity index (χ3n) is 6.33. The van der Waals surface area contributed by atoms with Gasteiger partial charge in [0.05, 0.1) is 33.9 Å². The largest absolute Gasteiger partial charge is 0.504 e. The molecule has 2 aliphatic heterocycles. The summed E-state index contributed by atoms with van der Waals surface area (Å²) in [4.78, 5) is 13.4. The van der Waals surface area contributed by atoms with Gasteiger partial charge in [-0.1, -0.05) is 0 Å². The zero-order chi connectivity index (χ0) is 27.0. The van der Waals surface area contributed by atoms with Crippen molar-refractivity contribution >= 4 is 5.78 Å². The van der Waals surface area contributed by atoms with Gasteiger partial charge in [-0.05, 0) is 17.7 Å². The molecule has 1 saturated heterocycles. The molecule has 0 aromatic heterocycles. The molecular weight excluding hydrogens is 496 g/mol. The summed E-state index contributed by atoms with van der Waals surface area (Å²) in [5.74, 6) is -2.57. The number of fused-ring (bicyclic) bond motifs is 1. The van der Waals surface area contributed by atoms with E-state index in [0.717, 1.165) is 0 Å². The van der Waals surface area contributed by atoms with E-state index in [-0.39, 0.29) is 46.7 Å². The minimum atomic E-state index is -1.72. The molecule has 2 aliphatic rings. The van der Waals surface area contributed by atoms with Crippen LogP contribution >= 0.6 is 0 Å². The molecule has 6 N–H and O–H groups in total. The molecule has 1 fully saturated rings. The van der Waals surface area contributed by atoms with Crippen molar-refractivity contribution in [3.8, 4) is 40.2 Å². The van der Waals surface area contributed by atoms with Gasteiger partial charge in [-0.2, -0.15) is 0 Å². The molecule has 13 heteroatoms. The highest BCUT2D eigenvalue weighted by molar-refractivity contribution is 6.07. The molecule has 0 amide bonds. The Morgan fingerprint density at radius 3 is 2.24 bits per heavy atom. The molecule has 202 valence electrons. The maximum atomic E-state index is 13.4. The number of phenols is 2. The van der Waals surface area contributed by atoms with Crippen molar-refractivity contribution < 1.29 is 63.9 Å². The van der Waals surface area contributed by atoms with Gasteiger partial charge in [-0.25, -0.2) is 0 Å². The molecule has 4 rings (SSSR count). The van der Waals surface area contributed by atoms with E-state index in [4.69, 9.17) is 28.4 Å². The molecule has 0 saturated carbocycles. The van der Waals surface area contributed by atoms with E-state index in [0.29, 0.717) is 5.56 Å². The Bertz CT molecular complexity index is 1160. The molecule has 0 bridgehead atoms. The maximum absolute atomic E-state index is 13.4. The zero-order valence-corrected chi connectivity index (χ0v) is 20.2. The van der Waals surface area contributed by atoms with Crippen molar-refractivity contribution in [2.24, 2.45) is 0 Å². The molecule has 6 atom stereocenters. The summed E-state index contributed by atoms with van der Waals surface area (Å²) in [6.07, 6.45) is -7.79. The van der Waals surface area contributed by atoms with Crippen LogP contribution in [0.15, 0.2) is 18.2 Å². The van der Waals surface area contributed by atoms with Gasteiger partial charge < -0.3 is 59.1 Å². The summed E-state index contributed by atoms with van der Waals surface area (Å²) in [6, 6.07) is 4.10. The van der Waals surface area contributed by atoms with Crippen LogP contribution in [-0.4, -0.2) is 102 Å². The van der Waals surface area contributed by atoms with Crippen LogP contribution in [0.25, 0.3) is 0 Å². The second kappa shape index (κ2) is 10.5. The van der Waals surface area contributed by atoms with E-state index in [9.17, 15) is 35.4 Å². The first-order chi connectivity index (χ1) is 17.7. The predicted molar refractivity (Wildman–Crippen MR) is 123 cm³/mol. The predicted octanol–water partition coefficient (Wildman–Crippen LogP) is -0.339. The van der Waals surface area contributed by atoms with Crippen LogP contribution < -0.4 is 23.7 Å². The lowest BCUT2D eigenvalue weighted by Gasteiger charge is -2.39. The summed E-state index contributed by atoms with van der Waals surface area (Å²) in [7, 11) is 3.94. The van der Waals surface area contributed by atoms with Crippen molar-refractivity contribution in [3.63, 3.8) is 0 Å². The number of benzene rings is 2. The zero-order valence-electron chi connectivity index (χ0n) is 20.2. The van der Waals surface area contributed by atoms with E-state index < -0.39 is 54.8 Å². The summed E-state index contributed by atoms with van der Waals surface area (Å²) in [5, 5.41) is 60.9. The number of hydrogen-bond acceptors (Lipinski definition) is 13. The first-order valence-corrected chi connectivity index (χ1v) is 11.2. The maximum Gasteiger partial charge on any atom is 0.229 e. The molecule has 2 aromatic carbocycles. The SMILES string of the molecule is COc1cc(C2COc3cc(O[C@@H]4O[C@H](CO)[C@@H](O)[C@H](O)[C@H]4O)c(OC)c(O)c3C2=O)cc(O)c1OC. The monoisotopic (exact) mass is 524 g/mol. The van der Waals surface area contributed by atoms with Gasteiger partial charge >= 0.3 is 0 Å². The number of rotatable bonds is 7. The number of ether oxygens (including phenoxy) is 6. The molecular formula is C24H28O13. The third kappa shape index (κ3) is 4.55. The van der Waals surface area contributed by atoms with Gasteiger partial charge in [0.2, 0.25) is 17.8 Å². The molecule has 2 heterocycles. The highest BCUT2D eigenvalue weighted by Crippen LogP contribution is 2.49. The van der Waals surface area contributed by atoms with Crippen LogP contribution in [0.4, 0.5) is 0 Å². The van der Waals surface area contributed by atoms with Gasteiger partial charge in [0.25, 0.3) is 0 Å². The normalized spacial score (nSPS) is 27.2. The average molecular weight is 524 g/mol. The number of carbonyl (C=O) groups excluding carboxylic acids is 1. The fourth-order valence-electron chi connectivity index (χ4n) is 4.37. The standard InChI is InChI=1S/C24H28O13/c1-32-13-5-9(4-11(26)22(13)33-2)10-8-35-12-6-14(23(34-3)19(29)16(12)17(10)27)36-24-21(31)20(30)18(28)15(7-25)37-24/h4-6,10,15,18,20-21,24-26,28-31H,7-8H2,1-3H3/t10?,15-,18-,20+,21-,24-/m1/s1. The van der Waals surface area contributed by atoms with Gasteiger partial charge in [0.15, 0.2) is 28.8 Å². The minimum absolute atomic E-state index is 0.0520. The second-order valence-electron chi connectivity index (χ2n) is 8.45. The number of hydrogen-bond donors (Lipinski definition) is 6. The smallest absolute Gasteiger partial charge is 0.229 e. The fourth-order valence-corrected chi connectivity index (χ4v) is 4.37. The number of carbonyl (C=O) groups is 1. The van der Waals surface area contributed by atoms with Crippen LogP contribution in [0, 0.1) is 0 Å². The highest BCUT2D eigenvalue weighted by atomic mass is 16.7. The van der Waals surface area contributed by atoms with Crippen LogP contribution in [0.5, 0.6) is 40.2 Å². The average Bonchev–Trinajstić information content (AvgIpc) is 2.88. The highest BCUT2D eigenvalue weighted by Gasteiger charge is 2.45. The summed E-state index contributed by atoms with van der Waals surface area (Å²) < 4.78 is 32.3. The topological polar surface area (TPSA) is 194 Å². The number of ketones is 1. The van der Waals surface area contributed by atoms with Gasteiger partial charge in [-0.15, -0.1) is 0 Å². The number of phenolic OH excluding ortho intramolecular Hbond substituents is 2. The van der Waals surface area contributed by atoms with Gasteiger partial charge in [0.1, 0.15) is 42.3 Å². The summed E-state index contributed by atoms with van der Waals surface area (Å²) in [5.41, 5.74) is 0.148. The Labute approximate surface area is 210 Å². The Balaban J connectivity index is 1.68. The minimum Gasteiger partial charge on any atom is -0.504 e. The summed E-state index contributed by atoms with van der Waals surface area (Å²) >= 11 is 0. The number of methoxy groups -OCH3 is 3. The van der Waals surface area contributed by atoms with Crippen LogP contribution in [0.1, 0.15) is 21.8 Å². The lowest BCUT2D eigenvalue weighted by atomic mass is 9.88. The van der Waals surface area contributed by atoms with Crippen LogP contribution in [-0.2, 0) is 4.74 Å². The van der Waals surface area contributed by atoms with Crippen molar-refractivity contribution in [1.29, 1.82) is 0 Å². The van der Waals surface area contributed by atoms with E-state index >= 15 is 0 Å². The first kappa shape index (κ1) is 26.6. The Morgan fingerprint density at radius 2 is 1.62 bits per heavy atom. The molecule has 0 aliphatic carbocycles. The summed E-state index contributed by atoms with van der Waals surface area (Å²) in [6.45, 7) is -0.825. The van der Waals surface area contributed by atoms with Crippen molar-refractivity contribution in [2.45, 2.75) is 36.6 Å². The van der Waals surface area contributed by atoms with E-state index in [1.807, 2.05) is 0 Å². The Kier molecular flexibility index (Phi) is 7.52. The van der Waals surface area contributed by atoms with Crippen molar-refractivity contribution in [1.82, 2.24) is 0 Å². The molecule has 2 aromatic rings. The molecule has 37 heavy (non-hydrogen) atoms. The van der Waals surface area contributed by atoms with Crippen molar-refractivity contribution in [3.05, 3.63) is 29.3 Å². The van der Waals surface area contributed by atoms with Crippen LogP contribution in [0.2, 0.25) is 0 Å². The lowest BCUT2D eigenvalue weighted by Crippen LogP contribution is -2.60. The Morgan fingerprint density at radius 1 is 0.919 bits per heavy atom. The molecule has 0 radical (unpaired) electrons. The number of aliphatic hydroxyl groups is 4. The number of Topliss-reactive ketones (excluding diaryl/α,β-unsaturated/α-hetero) is 1. The molecule has 0 spiro atoms. The van der Waals surface area contributed by atoms with Crippen molar-refractivity contribution in [2.75, 3.05) is 34.5 Å². The fraction of sp³-hybridized carbons (Fsp3) is 0.458. The number of aromatic hydroxyl groups is 2. The second-order valence-corrected chi connectivity index (χ2v) is 8.45. The van der Waals surface area contributed by atoms with E-state index in [1.165, 1.54) is 39.5 Å². The molecule has 13 nitrogen and oxygen atoms in total. The lowest BCUT2D eigenvalue weighted by molar-refractivity contribution is -0.277. The first-order valence-electron chi connectivity index (χ1n) is 11.2. The quantitative estimate of drug-likeness (QED) is 0.276. The number of aliphatic hydroxyl groups excluding tert-OH is 4. The van der Waals surface area contributed by atoms with Gasteiger partial charge in [-0.3, -0.25) is 4.79 Å². The molecule has 1 unspecified atom stereocenters. The van der Waals surface area contributed by atoms with Gasteiger partial charge in [0, 0.05) is 6.07 Å². The van der Waals surface area contributed by atoms with E-state index in [2.05, 4.69) is 0 Å².